The molecular formula is C17H15N3O4. The molecule has 0 atom stereocenters. The Hall–Kier alpha value is -3.35. The molecular weight excluding hydrogens is 310 g/mol. The summed E-state index contributed by atoms with van der Waals surface area (Å²) in [6, 6.07) is 10.9. The normalized spacial score (nSPS) is 11.5. The number of methoxy groups -OCH3 is 1. The Morgan fingerprint density at radius 3 is 3.00 bits per heavy atom. The number of ketones is 1. The number of aromatic nitrogens is 3. The van der Waals surface area contributed by atoms with E-state index in [-0.39, 0.29) is 17.3 Å². The predicted molar refractivity (Wildman–Crippen MR) is 85.8 cm³/mol. The number of aromatic amines is 1. The van der Waals surface area contributed by atoms with E-state index in [1.165, 1.54) is 6.33 Å². The lowest BCUT2D eigenvalue weighted by Crippen LogP contribution is -1.96. The first-order chi connectivity index (χ1) is 11.7. The molecule has 0 aliphatic rings. The highest BCUT2D eigenvalue weighted by Crippen LogP contribution is 2.18. The van der Waals surface area contributed by atoms with Crippen molar-refractivity contribution in [2.75, 3.05) is 7.11 Å². The summed E-state index contributed by atoms with van der Waals surface area (Å²) in [5.41, 5.74) is 1.00. The Labute approximate surface area is 137 Å². The number of hydrogen-bond donors (Lipinski definition) is 2. The van der Waals surface area contributed by atoms with Crippen molar-refractivity contribution in [2.45, 2.75) is 6.42 Å². The summed E-state index contributed by atoms with van der Waals surface area (Å²) in [5.74, 6) is 0.787. The second-order valence-corrected chi connectivity index (χ2v) is 5.01. The number of furan rings is 1. The smallest absolute Gasteiger partial charge is 0.224 e. The summed E-state index contributed by atoms with van der Waals surface area (Å²) < 4.78 is 10.7. The Morgan fingerprint density at radius 1 is 1.38 bits per heavy atom. The predicted octanol–water partition coefficient (Wildman–Crippen LogP) is 2.78. The van der Waals surface area contributed by atoms with Gasteiger partial charge in [0.05, 0.1) is 7.11 Å². The maximum Gasteiger partial charge on any atom is 0.224 e. The zero-order valence-electron chi connectivity index (χ0n) is 12.9. The number of H-pyrrole nitrogens is 1. The highest BCUT2D eigenvalue weighted by atomic mass is 16.5. The van der Waals surface area contributed by atoms with E-state index < -0.39 is 5.78 Å². The van der Waals surface area contributed by atoms with Crippen molar-refractivity contribution in [2.24, 2.45) is 0 Å². The molecule has 0 unspecified atom stereocenters. The SMILES string of the molecule is COc1cccc(Cc2ccc(C(=O)C=C(O)c3nc[nH]n3)o2)c1. The van der Waals surface area contributed by atoms with Crippen LogP contribution in [0.5, 0.6) is 5.75 Å². The highest BCUT2D eigenvalue weighted by Gasteiger charge is 2.13. The van der Waals surface area contributed by atoms with Gasteiger partial charge in [-0.05, 0) is 29.8 Å². The summed E-state index contributed by atoms with van der Waals surface area (Å²) >= 11 is 0. The fraction of sp³-hybridized carbons (Fsp3) is 0.118. The number of benzene rings is 1. The molecule has 0 spiro atoms. The molecule has 122 valence electrons. The van der Waals surface area contributed by atoms with Gasteiger partial charge in [0.15, 0.2) is 11.5 Å². The molecule has 2 aromatic heterocycles. The van der Waals surface area contributed by atoms with Gasteiger partial charge < -0.3 is 14.3 Å². The van der Waals surface area contributed by atoms with Crippen molar-refractivity contribution in [1.82, 2.24) is 15.2 Å². The number of allylic oxidation sites excluding steroid dienone is 1. The van der Waals surface area contributed by atoms with Crippen LogP contribution in [0.4, 0.5) is 0 Å². The average molecular weight is 325 g/mol. The van der Waals surface area contributed by atoms with E-state index in [1.54, 1.807) is 19.2 Å². The van der Waals surface area contributed by atoms with Crippen molar-refractivity contribution in [3.05, 3.63) is 71.7 Å². The van der Waals surface area contributed by atoms with Gasteiger partial charge in [0, 0.05) is 12.5 Å². The van der Waals surface area contributed by atoms with E-state index >= 15 is 0 Å². The van der Waals surface area contributed by atoms with Gasteiger partial charge in [0.2, 0.25) is 11.6 Å². The van der Waals surface area contributed by atoms with Crippen LogP contribution >= 0.6 is 0 Å². The van der Waals surface area contributed by atoms with Gasteiger partial charge in [0.25, 0.3) is 0 Å². The molecule has 2 N–H and O–H groups in total. The van der Waals surface area contributed by atoms with Crippen LogP contribution in [0.15, 0.2) is 53.2 Å². The molecule has 0 radical (unpaired) electrons. The van der Waals surface area contributed by atoms with Gasteiger partial charge >= 0.3 is 0 Å². The van der Waals surface area contributed by atoms with Crippen LogP contribution < -0.4 is 4.74 Å². The zero-order valence-corrected chi connectivity index (χ0v) is 12.9. The molecule has 1 aromatic carbocycles. The molecule has 3 rings (SSSR count). The molecule has 0 bridgehead atoms. The minimum absolute atomic E-state index is 0.0477. The van der Waals surface area contributed by atoms with Gasteiger partial charge in [0.1, 0.15) is 17.8 Å². The molecule has 24 heavy (non-hydrogen) atoms. The third-order valence-electron chi connectivity index (χ3n) is 3.33. The second kappa shape index (κ2) is 6.82. The molecule has 0 aliphatic carbocycles. The molecule has 2 heterocycles. The molecule has 7 nitrogen and oxygen atoms in total. The van der Waals surface area contributed by atoms with Crippen LogP contribution in [-0.4, -0.2) is 33.2 Å². The van der Waals surface area contributed by atoms with E-state index in [0.717, 1.165) is 17.4 Å². The lowest BCUT2D eigenvalue weighted by Gasteiger charge is -2.02. The second-order valence-electron chi connectivity index (χ2n) is 5.01. The Balaban J connectivity index is 1.73. The van der Waals surface area contributed by atoms with Crippen molar-refractivity contribution >= 4 is 11.5 Å². The lowest BCUT2D eigenvalue weighted by atomic mass is 10.1. The summed E-state index contributed by atoms with van der Waals surface area (Å²) in [6.07, 6.45) is 2.86. The topological polar surface area (TPSA) is 101 Å². The van der Waals surface area contributed by atoms with E-state index in [2.05, 4.69) is 15.2 Å². The monoisotopic (exact) mass is 325 g/mol. The highest BCUT2D eigenvalue weighted by molar-refractivity contribution is 6.05. The van der Waals surface area contributed by atoms with Crippen molar-refractivity contribution in [3.63, 3.8) is 0 Å². The maximum atomic E-state index is 12.1. The number of carbonyl (C=O) groups excluding carboxylic acids is 1. The Morgan fingerprint density at radius 2 is 2.25 bits per heavy atom. The van der Waals surface area contributed by atoms with Gasteiger partial charge in [-0.1, -0.05) is 12.1 Å². The van der Waals surface area contributed by atoms with E-state index in [4.69, 9.17) is 9.15 Å². The van der Waals surface area contributed by atoms with Crippen LogP contribution in [-0.2, 0) is 6.42 Å². The largest absolute Gasteiger partial charge is 0.504 e. The van der Waals surface area contributed by atoms with Crippen molar-refractivity contribution in [1.29, 1.82) is 0 Å². The average Bonchev–Trinajstić information content (AvgIpc) is 3.26. The minimum atomic E-state index is -0.464. The summed E-state index contributed by atoms with van der Waals surface area (Å²) in [4.78, 5) is 15.9. The first-order valence-corrected chi connectivity index (χ1v) is 7.18. The number of aliphatic hydroxyl groups excluding tert-OH is 1. The van der Waals surface area contributed by atoms with E-state index in [1.807, 2.05) is 24.3 Å². The van der Waals surface area contributed by atoms with Crippen LogP contribution in [0.25, 0.3) is 5.76 Å². The molecule has 7 heteroatoms. The molecule has 3 aromatic rings. The third-order valence-corrected chi connectivity index (χ3v) is 3.33. The lowest BCUT2D eigenvalue weighted by molar-refractivity contribution is 0.101. The number of carbonyl (C=O) groups is 1. The number of hydrogen-bond acceptors (Lipinski definition) is 6. The number of ether oxygens (including phenoxy) is 1. The van der Waals surface area contributed by atoms with Gasteiger partial charge in [-0.2, -0.15) is 5.10 Å². The van der Waals surface area contributed by atoms with Crippen LogP contribution in [0.1, 0.15) is 27.7 Å². The van der Waals surface area contributed by atoms with Crippen molar-refractivity contribution < 1.29 is 19.1 Å². The van der Waals surface area contributed by atoms with E-state index in [9.17, 15) is 9.90 Å². The summed E-state index contributed by atoms with van der Waals surface area (Å²) in [6.45, 7) is 0. The number of aliphatic hydroxyl groups is 1. The fourth-order valence-electron chi connectivity index (χ4n) is 2.18. The number of nitrogens with zero attached hydrogens (tertiary/aromatic N) is 2. The van der Waals surface area contributed by atoms with Crippen LogP contribution in [0.2, 0.25) is 0 Å². The van der Waals surface area contributed by atoms with Gasteiger partial charge in [-0.3, -0.25) is 9.89 Å². The molecule has 0 aliphatic heterocycles. The first-order valence-electron chi connectivity index (χ1n) is 7.18. The molecule has 0 saturated heterocycles. The Bertz CT molecular complexity index is 866. The Kier molecular flexibility index (Phi) is 4.42. The maximum absolute atomic E-state index is 12.1. The minimum Gasteiger partial charge on any atom is -0.504 e. The summed E-state index contributed by atoms with van der Waals surface area (Å²) in [5, 5.41) is 15.9. The first kappa shape index (κ1) is 15.5. The van der Waals surface area contributed by atoms with Gasteiger partial charge in [-0.15, -0.1) is 0 Å². The van der Waals surface area contributed by atoms with Gasteiger partial charge in [-0.25, -0.2) is 4.98 Å². The molecule has 0 amide bonds. The molecule has 0 saturated carbocycles. The van der Waals surface area contributed by atoms with Crippen LogP contribution in [0.3, 0.4) is 0 Å². The molecule has 0 fully saturated rings. The standard InChI is InChI=1S/C17H15N3O4/c1-23-12-4-2-3-11(7-12)8-13-5-6-16(24-13)14(21)9-15(22)17-18-10-19-20-17/h2-7,9-10,22H,8H2,1H3,(H,18,19,20). The fourth-order valence-corrected chi connectivity index (χ4v) is 2.18. The number of nitrogens with one attached hydrogen (secondary N) is 1. The van der Waals surface area contributed by atoms with Crippen LogP contribution in [0, 0.1) is 0 Å². The summed E-state index contributed by atoms with van der Waals surface area (Å²) in [7, 11) is 1.61. The van der Waals surface area contributed by atoms with E-state index in [0.29, 0.717) is 12.2 Å². The zero-order chi connectivity index (χ0) is 16.9. The quantitative estimate of drug-likeness (QED) is 0.410. The third kappa shape index (κ3) is 3.52. The number of rotatable bonds is 6. The van der Waals surface area contributed by atoms with Crippen molar-refractivity contribution in [3.8, 4) is 5.75 Å².